The van der Waals surface area contributed by atoms with Gasteiger partial charge in [0, 0.05) is 37.2 Å². The Labute approximate surface area is 113 Å². The van der Waals surface area contributed by atoms with Crippen LogP contribution in [-0.2, 0) is 13.0 Å². The zero-order valence-corrected chi connectivity index (χ0v) is 11.1. The fourth-order valence-corrected chi connectivity index (χ4v) is 2.87. The molecule has 4 nitrogen and oxygen atoms in total. The van der Waals surface area contributed by atoms with Gasteiger partial charge >= 0.3 is 0 Å². The average molecular weight is 256 g/mol. The van der Waals surface area contributed by atoms with Gasteiger partial charge in [0.15, 0.2) is 0 Å². The first-order chi connectivity index (χ1) is 9.38. The Kier molecular flexibility index (Phi) is 3.51. The van der Waals surface area contributed by atoms with Crippen LogP contribution in [-0.4, -0.2) is 28.9 Å². The number of nitrogens with zero attached hydrogens (tertiary/aromatic N) is 3. The lowest BCUT2D eigenvalue weighted by Gasteiger charge is -2.38. The van der Waals surface area contributed by atoms with Crippen LogP contribution < -0.4 is 10.6 Å². The molecule has 2 heterocycles. The number of nitrogens with two attached hydrogens (primary N) is 1. The SMILES string of the molecule is NCC1CCc2ccccc2N1CCn1cccn1. The lowest BCUT2D eigenvalue weighted by molar-refractivity contribution is 0.499. The fraction of sp³-hybridized carbons (Fsp3) is 0.400. The van der Waals surface area contributed by atoms with Gasteiger partial charge in [0.25, 0.3) is 0 Å². The van der Waals surface area contributed by atoms with Crippen LogP contribution in [0.25, 0.3) is 0 Å². The second kappa shape index (κ2) is 5.45. The molecular weight excluding hydrogens is 236 g/mol. The van der Waals surface area contributed by atoms with Gasteiger partial charge in [0.05, 0.1) is 6.54 Å². The summed E-state index contributed by atoms with van der Waals surface area (Å²) in [6.45, 7) is 2.58. The van der Waals surface area contributed by atoms with Crippen molar-refractivity contribution < 1.29 is 0 Å². The van der Waals surface area contributed by atoms with Gasteiger partial charge in [-0.05, 0) is 30.5 Å². The first kappa shape index (κ1) is 12.2. The van der Waals surface area contributed by atoms with Crippen LogP contribution in [0.4, 0.5) is 5.69 Å². The van der Waals surface area contributed by atoms with Crippen molar-refractivity contribution in [2.75, 3.05) is 18.0 Å². The van der Waals surface area contributed by atoms with Gasteiger partial charge in [-0.3, -0.25) is 4.68 Å². The molecule has 1 aliphatic rings. The minimum atomic E-state index is 0.450. The van der Waals surface area contributed by atoms with Crippen LogP contribution in [0.15, 0.2) is 42.7 Å². The highest BCUT2D eigenvalue weighted by molar-refractivity contribution is 5.56. The Morgan fingerprint density at radius 3 is 2.89 bits per heavy atom. The Balaban J connectivity index is 1.80. The minimum Gasteiger partial charge on any atom is -0.365 e. The first-order valence-corrected chi connectivity index (χ1v) is 6.90. The summed E-state index contributed by atoms with van der Waals surface area (Å²) in [4.78, 5) is 2.44. The molecule has 2 N–H and O–H groups in total. The molecule has 0 saturated carbocycles. The lowest BCUT2D eigenvalue weighted by Crippen LogP contribution is -2.45. The van der Waals surface area contributed by atoms with Crippen LogP contribution >= 0.6 is 0 Å². The van der Waals surface area contributed by atoms with Crippen molar-refractivity contribution in [2.45, 2.75) is 25.4 Å². The molecule has 3 rings (SSSR count). The van der Waals surface area contributed by atoms with E-state index >= 15 is 0 Å². The second-order valence-electron chi connectivity index (χ2n) is 5.02. The largest absolute Gasteiger partial charge is 0.365 e. The third-order valence-corrected chi connectivity index (χ3v) is 3.89. The Morgan fingerprint density at radius 2 is 2.11 bits per heavy atom. The summed E-state index contributed by atoms with van der Waals surface area (Å²) in [6, 6.07) is 11.1. The first-order valence-electron chi connectivity index (χ1n) is 6.90. The van der Waals surface area contributed by atoms with Crippen LogP contribution in [0.1, 0.15) is 12.0 Å². The molecule has 0 bridgehead atoms. The van der Waals surface area contributed by atoms with Crippen molar-refractivity contribution in [1.82, 2.24) is 9.78 Å². The summed E-state index contributed by atoms with van der Waals surface area (Å²) in [7, 11) is 0. The number of fused-ring (bicyclic) bond motifs is 1. The van der Waals surface area contributed by atoms with Crippen molar-refractivity contribution in [1.29, 1.82) is 0 Å². The number of aromatic nitrogens is 2. The molecule has 0 fully saturated rings. The number of hydrogen-bond donors (Lipinski definition) is 1. The van der Waals surface area contributed by atoms with E-state index in [0.717, 1.165) is 25.9 Å². The van der Waals surface area contributed by atoms with Crippen LogP contribution in [0, 0.1) is 0 Å². The van der Waals surface area contributed by atoms with Crippen molar-refractivity contribution in [3.05, 3.63) is 48.3 Å². The quantitative estimate of drug-likeness (QED) is 0.905. The summed E-state index contributed by atoms with van der Waals surface area (Å²) in [5, 5.41) is 4.27. The number of hydrogen-bond acceptors (Lipinski definition) is 3. The molecule has 0 radical (unpaired) electrons. The Hall–Kier alpha value is -1.81. The molecule has 0 saturated heterocycles. The highest BCUT2D eigenvalue weighted by Gasteiger charge is 2.24. The van der Waals surface area contributed by atoms with E-state index in [4.69, 9.17) is 5.73 Å². The van der Waals surface area contributed by atoms with Crippen LogP contribution in [0.2, 0.25) is 0 Å². The number of rotatable bonds is 4. The van der Waals surface area contributed by atoms with Gasteiger partial charge in [-0.15, -0.1) is 0 Å². The Morgan fingerprint density at radius 1 is 1.21 bits per heavy atom. The third kappa shape index (κ3) is 2.49. The van der Waals surface area contributed by atoms with Crippen LogP contribution in [0.5, 0.6) is 0 Å². The van der Waals surface area contributed by atoms with E-state index in [1.165, 1.54) is 11.3 Å². The maximum Gasteiger partial charge on any atom is 0.0584 e. The van der Waals surface area contributed by atoms with Crippen LogP contribution in [0.3, 0.4) is 0 Å². The summed E-state index contributed by atoms with van der Waals surface area (Å²) < 4.78 is 1.98. The standard InChI is InChI=1S/C15H20N4/c16-12-14-7-6-13-4-1-2-5-15(13)19(14)11-10-18-9-3-8-17-18/h1-5,8-9,14H,6-7,10-12,16H2. The molecule has 1 aliphatic heterocycles. The molecule has 0 amide bonds. The number of benzene rings is 1. The van der Waals surface area contributed by atoms with Gasteiger partial charge in [-0.2, -0.15) is 5.10 Å². The van der Waals surface area contributed by atoms with E-state index < -0.39 is 0 Å². The lowest BCUT2D eigenvalue weighted by atomic mass is 9.96. The maximum atomic E-state index is 5.94. The highest BCUT2D eigenvalue weighted by atomic mass is 15.3. The molecule has 100 valence electrons. The third-order valence-electron chi connectivity index (χ3n) is 3.89. The zero-order valence-electron chi connectivity index (χ0n) is 11.1. The smallest absolute Gasteiger partial charge is 0.0584 e. The van der Waals surface area contributed by atoms with Crippen molar-refractivity contribution in [3.63, 3.8) is 0 Å². The molecule has 1 aromatic carbocycles. The van der Waals surface area contributed by atoms with Gasteiger partial charge in [-0.1, -0.05) is 18.2 Å². The van der Waals surface area contributed by atoms with E-state index in [2.05, 4.69) is 34.3 Å². The Bertz CT molecular complexity index is 521. The zero-order chi connectivity index (χ0) is 13.1. The molecule has 1 atom stereocenters. The van der Waals surface area contributed by atoms with Gasteiger partial charge in [0.1, 0.15) is 0 Å². The van der Waals surface area contributed by atoms with E-state index in [0.29, 0.717) is 12.6 Å². The van der Waals surface area contributed by atoms with E-state index in [1.54, 1.807) is 0 Å². The average Bonchev–Trinajstić information content (AvgIpc) is 2.97. The molecule has 4 heteroatoms. The summed E-state index contributed by atoms with van der Waals surface area (Å²) in [6.07, 6.45) is 6.11. The second-order valence-corrected chi connectivity index (χ2v) is 5.02. The number of para-hydroxylation sites is 1. The molecule has 0 spiro atoms. The van der Waals surface area contributed by atoms with E-state index in [-0.39, 0.29) is 0 Å². The summed E-state index contributed by atoms with van der Waals surface area (Å²) in [5.74, 6) is 0. The summed E-state index contributed by atoms with van der Waals surface area (Å²) in [5.41, 5.74) is 8.72. The molecule has 0 aliphatic carbocycles. The topological polar surface area (TPSA) is 47.1 Å². The summed E-state index contributed by atoms with van der Waals surface area (Å²) >= 11 is 0. The van der Waals surface area contributed by atoms with E-state index in [1.807, 2.05) is 23.1 Å². The molecule has 2 aromatic rings. The van der Waals surface area contributed by atoms with Gasteiger partial charge in [-0.25, -0.2) is 0 Å². The predicted octanol–water partition coefficient (Wildman–Crippen LogP) is 1.66. The maximum absolute atomic E-state index is 5.94. The molecule has 19 heavy (non-hydrogen) atoms. The van der Waals surface area contributed by atoms with Crippen molar-refractivity contribution in [3.8, 4) is 0 Å². The molecule has 1 aromatic heterocycles. The highest BCUT2D eigenvalue weighted by Crippen LogP contribution is 2.29. The monoisotopic (exact) mass is 256 g/mol. The molecular formula is C15H20N4. The van der Waals surface area contributed by atoms with Crippen molar-refractivity contribution in [2.24, 2.45) is 5.73 Å². The normalized spacial score (nSPS) is 18.4. The van der Waals surface area contributed by atoms with E-state index in [9.17, 15) is 0 Å². The fourth-order valence-electron chi connectivity index (χ4n) is 2.87. The van der Waals surface area contributed by atoms with Crippen molar-refractivity contribution >= 4 is 5.69 Å². The minimum absolute atomic E-state index is 0.450. The van der Waals surface area contributed by atoms with Gasteiger partial charge < -0.3 is 10.6 Å². The van der Waals surface area contributed by atoms with Gasteiger partial charge in [0.2, 0.25) is 0 Å². The number of anilines is 1. The predicted molar refractivity (Wildman–Crippen MR) is 77.2 cm³/mol. The number of aryl methyl sites for hydroxylation is 1. The molecule has 1 unspecified atom stereocenters.